The number of amides is 1. The highest BCUT2D eigenvalue weighted by Crippen LogP contribution is 2.38. The lowest BCUT2D eigenvalue weighted by atomic mass is 9.98. The van der Waals surface area contributed by atoms with Gasteiger partial charge in [-0.3, -0.25) is 5.10 Å². The van der Waals surface area contributed by atoms with Crippen molar-refractivity contribution in [1.29, 1.82) is 0 Å². The smallest absolute Gasteiger partial charge is 0.410 e. The lowest BCUT2D eigenvalue weighted by molar-refractivity contribution is 0.00682. The second kappa shape index (κ2) is 8.72. The summed E-state index contributed by atoms with van der Waals surface area (Å²) in [7, 11) is 0. The zero-order valence-electron chi connectivity index (χ0n) is 19.9. The third-order valence-corrected chi connectivity index (χ3v) is 6.78. The van der Waals surface area contributed by atoms with Crippen LogP contribution in [0.3, 0.4) is 0 Å². The van der Waals surface area contributed by atoms with Crippen molar-refractivity contribution in [3.05, 3.63) is 34.4 Å². The number of H-pyrrole nitrogens is 1. The highest BCUT2D eigenvalue weighted by Gasteiger charge is 2.45. The van der Waals surface area contributed by atoms with Gasteiger partial charge in [-0.2, -0.15) is 10.1 Å². The highest BCUT2D eigenvalue weighted by molar-refractivity contribution is 9.10. The Labute approximate surface area is 207 Å². The Balaban J connectivity index is 1.37. The van der Waals surface area contributed by atoms with Gasteiger partial charge in [-0.05, 0) is 71.6 Å². The maximum atomic E-state index is 12.8. The molecule has 1 amide bonds. The molecule has 10 heteroatoms. The molecule has 2 aromatic heterocycles. The van der Waals surface area contributed by atoms with Crippen LogP contribution in [0.1, 0.15) is 52.1 Å². The number of halogens is 1. The van der Waals surface area contributed by atoms with Crippen LogP contribution in [0.15, 0.2) is 28.7 Å². The topological polar surface area (TPSA) is 108 Å². The van der Waals surface area contributed by atoms with Crippen LogP contribution < -0.4 is 10.6 Å². The first-order chi connectivity index (χ1) is 16.1. The number of anilines is 3. The highest BCUT2D eigenvalue weighted by atomic mass is 79.9. The van der Waals surface area contributed by atoms with Crippen molar-refractivity contribution < 1.29 is 9.53 Å². The van der Waals surface area contributed by atoms with Gasteiger partial charge in [0.1, 0.15) is 11.4 Å². The van der Waals surface area contributed by atoms with Crippen LogP contribution in [-0.2, 0) is 4.74 Å². The normalized spacial score (nSPS) is 22.1. The summed E-state index contributed by atoms with van der Waals surface area (Å²) in [6.07, 6.45) is 3.48. The minimum Gasteiger partial charge on any atom is -0.444 e. The van der Waals surface area contributed by atoms with Crippen LogP contribution in [-0.4, -0.2) is 54.9 Å². The van der Waals surface area contributed by atoms with E-state index < -0.39 is 5.60 Å². The number of nitrogens with zero attached hydrogens (tertiary/aromatic N) is 4. The molecule has 180 valence electrons. The molecule has 5 rings (SSSR count). The van der Waals surface area contributed by atoms with E-state index in [1.807, 2.05) is 56.9 Å². The zero-order valence-corrected chi connectivity index (χ0v) is 21.4. The summed E-state index contributed by atoms with van der Waals surface area (Å²) < 4.78 is 6.62. The molecule has 3 aromatic rings. The fourth-order valence-corrected chi connectivity index (χ4v) is 5.31. The predicted octanol–water partition coefficient (Wildman–Crippen LogP) is 5.51. The first-order valence-electron chi connectivity index (χ1n) is 11.7. The molecule has 0 radical (unpaired) electrons. The molecular weight excluding hydrogens is 498 g/mol. The summed E-state index contributed by atoms with van der Waals surface area (Å²) >= 11 is 3.55. The number of piperidine rings is 1. The number of hydrogen-bond donors (Lipinski definition) is 3. The first-order valence-corrected chi connectivity index (χ1v) is 12.5. The monoisotopic (exact) mass is 527 g/mol. The number of aromatic nitrogens is 4. The molecule has 2 bridgehead atoms. The summed E-state index contributed by atoms with van der Waals surface area (Å²) in [6.45, 7) is 7.68. The van der Waals surface area contributed by atoms with Gasteiger partial charge in [-0.25, -0.2) is 9.78 Å². The van der Waals surface area contributed by atoms with E-state index in [1.165, 1.54) is 0 Å². The molecule has 4 heterocycles. The number of carbonyl (C=O) groups is 1. The van der Waals surface area contributed by atoms with Gasteiger partial charge in [0.05, 0.1) is 5.52 Å². The zero-order chi connectivity index (χ0) is 24.0. The Morgan fingerprint density at radius 1 is 1.18 bits per heavy atom. The predicted molar refractivity (Wildman–Crippen MR) is 135 cm³/mol. The number of nitrogens with one attached hydrogen (secondary N) is 3. The Morgan fingerprint density at radius 2 is 1.91 bits per heavy atom. The SMILES string of the molecule is Cc1cc(Nc2nc(NC3CC4CCC(C3)N4C(=O)OC(C)(C)C)nc3cc(Br)ccc23)n[nH]1. The number of fused-ring (bicyclic) bond motifs is 3. The van der Waals surface area contributed by atoms with Crippen molar-refractivity contribution >= 4 is 50.5 Å². The van der Waals surface area contributed by atoms with E-state index in [4.69, 9.17) is 14.7 Å². The molecule has 0 spiro atoms. The molecule has 0 aliphatic carbocycles. The van der Waals surface area contributed by atoms with Crippen molar-refractivity contribution in [2.24, 2.45) is 0 Å². The number of rotatable bonds is 4. The van der Waals surface area contributed by atoms with Crippen molar-refractivity contribution in [1.82, 2.24) is 25.1 Å². The van der Waals surface area contributed by atoms with Gasteiger partial charge in [0, 0.05) is 39.7 Å². The number of aromatic amines is 1. The van der Waals surface area contributed by atoms with E-state index in [0.29, 0.717) is 17.6 Å². The van der Waals surface area contributed by atoms with Gasteiger partial charge in [0.15, 0.2) is 5.82 Å². The third kappa shape index (κ3) is 4.82. The van der Waals surface area contributed by atoms with Crippen molar-refractivity contribution in [3.63, 3.8) is 0 Å². The van der Waals surface area contributed by atoms with Crippen LogP contribution in [0, 0.1) is 6.92 Å². The van der Waals surface area contributed by atoms with Crippen LogP contribution in [0.2, 0.25) is 0 Å². The molecular formula is C24H30BrN7O2. The van der Waals surface area contributed by atoms with E-state index in [-0.39, 0.29) is 24.2 Å². The fourth-order valence-electron chi connectivity index (χ4n) is 4.96. The Bertz CT molecular complexity index is 1210. The van der Waals surface area contributed by atoms with Gasteiger partial charge >= 0.3 is 6.09 Å². The van der Waals surface area contributed by atoms with E-state index in [9.17, 15) is 4.79 Å². The molecule has 34 heavy (non-hydrogen) atoms. The van der Waals surface area contributed by atoms with Crippen LogP contribution in [0.4, 0.5) is 22.4 Å². The van der Waals surface area contributed by atoms with Gasteiger partial charge in [-0.15, -0.1) is 0 Å². The first kappa shape index (κ1) is 22.9. The number of carbonyl (C=O) groups excluding carboxylic acids is 1. The van der Waals surface area contributed by atoms with Crippen LogP contribution in [0.5, 0.6) is 0 Å². The van der Waals surface area contributed by atoms with E-state index in [0.717, 1.165) is 46.8 Å². The maximum absolute atomic E-state index is 12.8. The summed E-state index contributed by atoms with van der Waals surface area (Å²) in [4.78, 5) is 24.3. The fraction of sp³-hybridized carbons (Fsp3) is 0.500. The molecule has 2 aliphatic rings. The molecule has 2 aliphatic heterocycles. The molecule has 2 unspecified atom stereocenters. The summed E-state index contributed by atoms with van der Waals surface area (Å²) in [5.74, 6) is 1.96. The summed E-state index contributed by atoms with van der Waals surface area (Å²) in [5, 5.41) is 15.0. The Morgan fingerprint density at radius 3 is 2.56 bits per heavy atom. The lowest BCUT2D eigenvalue weighted by Crippen LogP contribution is -2.51. The number of aryl methyl sites for hydroxylation is 1. The summed E-state index contributed by atoms with van der Waals surface area (Å²) in [6, 6.07) is 8.41. The second-order valence-electron chi connectivity index (χ2n) is 10.2. The number of ether oxygens (including phenoxy) is 1. The molecule has 2 atom stereocenters. The quantitative estimate of drug-likeness (QED) is 0.410. The van der Waals surface area contributed by atoms with Crippen LogP contribution in [0.25, 0.3) is 10.9 Å². The molecule has 2 saturated heterocycles. The van der Waals surface area contributed by atoms with Gasteiger partial charge in [0.2, 0.25) is 5.95 Å². The molecule has 2 fully saturated rings. The minimum absolute atomic E-state index is 0.172. The van der Waals surface area contributed by atoms with Gasteiger partial charge in [-0.1, -0.05) is 15.9 Å². The molecule has 0 saturated carbocycles. The van der Waals surface area contributed by atoms with E-state index >= 15 is 0 Å². The Hall–Kier alpha value is -2.88. The average Bonchev–Trinajstić information content (AvgIpc) is 3.26. The van der Waals surface area contributed by atoms with Crippen LogP contribution >= 0.6 is 15.9 Å². The van der Waals surface area contributed by atoms with Crippen molar-refractivity contribution in [2.45, 2.75) is 77.1 Å². The lowest BCUT2D eigenvalue weighted by Gasteiger charge is -2.39. The minimum atomic E-state index is -0.491. The third-order valence-electron chi connectivity index (χ3n) is 6.28. The van der Waals surface area contributed by atoms with Gasteiger partial charge in [0.25, 0.3) is 0 Å². The summed E-state index contributed by atoms with van der Waals surface area (Å²) in [5.41, 5.74) is 1.31. The van der Waals surface area contributed by atoms with E-state index in [2.05, 4.69) is 36.8 Å². The second-order valence-corrected chi connectivity index (χ2v) is 11.1. The molecule has 1 aromatic carbocycles. The Kier molecular flexibility index (Phi) is 5.87. The molecule has 9 nitrogen and oxygen atoms in total. The maximum Gasteiger partial charge on any atom is 0.410 e. The van der Waals surface area contributed by atoms with Crippen molar-refractivity contribution in [2.75, 3.05) is 10.6 Å². The van der Waals surface area contributed by atoms with E-state index in [1.54, 1.807) is 0 Å². The largest absolute Gasteiger partial charge is 0.444 e. The number of benzene rings is 1. The average molecular weight is 528 g/mol. The van der Waals surface area contributed by atoms with Crippen molar-refractivity contribution in [3.8, 4) is 0 Å². The number of hydrogen-bond acceptors (Lipinski definition) is 7. The van der Waals surface area contributed by atoms with Gasteiger partial charge < -0.3 is 20.3 Å². The standard InChI is InChI=1S/C24H30BrN7O2/c1-13-9-20(31-30-13)28-21-18-8-5-14(25)10-19(18)27-22(29-21)26-15-11-16-6-7-17(12-15)32(16)23(33)34-24(2,3)4/h5,8-10,15-17H,6-7,11-12H2,1-4H3,(H3,26,27,28,29,30,31). The molecule has 3 N–H and O–H groups in total.